The van der Waals surface area contributed by atoms with Crippen LogP contribution in [0.25, 0.3) is 0 Å². The fraction of sp³-hybridized carbons (Fsp3) is 1.00. The number of hydrogen-bond donors (Lipinski definition) is 0. The van der Waals surface area contributed by atoms with Crippen molar-refractivity contribution in [3.63, 3.8) is 0 Å². The van der Waals surface area contributed by atoms with Crippen molar-refractivity contribution in [1.29, 1.82) is 0 Å². The molecule has 0 aromatic rings. The van der Waals surface area contributed by atoms with E-state index in [1.54, 1.807) is 0 Å². The summed E-state index contributed by atoms with van der Waals surface area (Å²) in [6, 6.07) is 0. The van der Waals surface area contributed by atoms with Crippen LogP contribution in [0.4, 0.5) is 35.1 Å². The van der Waals surface area contributed by atoms with Crippen molar-refractivity contribution >= 4 is 0 Å². The summed E-state index contributed by atoms with van der Waals surface area (Å²) >= 11 is 0. The molecule has 0 radical (unpaired) electrons. The van der Waals surface area contributed by atoms with Gasteiger partial charge >= 0.3 is 18.5 Å². The van der Waals surface area contributed by atoms with Gasteiger partial charge < -0.3 is 4.74 Å². The first kappa shape index (κ1) is 14.4. The maximum atomic E-state index is 12.2. The number of alkyl halides is 8. The lowest BCUT2D eigenvalue weighted by molar-refractivity contribution is -0.255. The van der Waals surface area contributed by atoms with Crippen LogP contribution in [0.15, 0.2) is 0 Å². The van der Waals surface area contributed by atoms with E-state index in [2.05, 4.69) is 4.74 Å². The van der Waals surface area contributed by atoms with Gasteiger partial charge in [-0.3, -0.25) is 0 Å². The van der Waals surface area contributed by atoms with Gasteiger partial charge in [0.25, 0.3) is 6.36 Å². The van der Waals surface area contributed by atoms with E-state index in [0.29, 0.717) is 0 Å². The zero-order valence-electron chi connectivity index (χ0n) is 7.00. The summed E-state index contributed by atoms with van der Waals surface area (Å²) in [4.78, 5) is 0. The average molecular weight is 246 g/mol. The zero-order chi connectivity index (χ0) is 12.3. The Kier molecular flexibility index (Phi) is 4.75. The predicted molar refractivity (Wildman–Crippen MR) is 32.5 cm³/mol. The van der Waals surface area contributed by atoms with Crippen LogP contribution in [0.5, 0.6) is 0 Å². The van der Waals surface area contributed by atoms with Gasteiger partial charge in [-0.2, -0.15) is 22.0 Å². The Labute approximate surface area is 79.0 Å². The summed E-state index contributed by atoms with van der Waals surface area (Å²) in [7, 11) is 0. The number of ether oxygens (including phenoxy) is 1. The maximum Gasteiger partial charge on any atom is 0.391 e. The van der Waals surface area contributed by atoms with Crippen molar-refractivity contribution in [3.05, 3.63) is 0 Å². The van der Waals surface area contributed by atoms with Gasteiger partial charge in [-0.1, -0.05) is 0 Å². The van der Waals surface area contributed by atoms with Crippen LogP contribution in [-0.2, 0) is 4.74 Å². The Morgan fingerprint density at radius 1 is 0.933 bits per heavy atom. The molecule has 1 nitrogen and oxygen atoms in total. The van der Waals surface area contributed by atoms with Crippen LogP contribution < -0.4 is 0 Å². The topological polar surface area (TPSA) is 9.23 Å². The van der Waals surface area contributed by atoms with Gasteiger partial charge in [0.15, 0.2) is 0 Å². The van der Waals surface area contributed by atoms with Crippen molar-refractivity contribution in [2.24, 2.45) is 0 Å². The second kappa shape index (κ2) is 4.95. The highest BCUT2D eigenvalue weighted by molar-refractivity contribution is 4.72. The van der Waals surface area contributed by atoms with Crippen molar-refractivity contribution in [1.82, 2.24) is 0 Å². The fourth-order valence-electron chi connectivity index (χ4n) is 0.488. The second-order valence-electron chi connectivity index (χ2n) is 2.53. The highest BCUT2D eigenvalue weighted by Gasteiger charge is 2.50. The second-order valence-corrected chi connectivity index (χ2v) is 2.53. The van der Waals surface area contributed by atoms with Gasteiger partial charge in [-0.05, 0) is 0 Å². The predicted octanol–water partition coefficient (Wildman–Crippen LogP) is 3.15. The Morgan fingerprint density at radius 3 is 1.73 bits per heavy atom. The van der Waals surface area contributed by atoms with E-state index in [-0.39, 0.29) is 0 Å². The Morgan fingerprint density at radius 2 is 1.40 bits per heavy atom. The minimum Gasteiger partial charge on any atom is -0.343 e. The molecule has 15 heavy (non-hydrogen) atoms. The summed E-state index contributed by atoms with van der Waals surface area (Å²) in [6.45, 7) is -1.44. The summed E-state index contributed by atoms with van der Waals surface area (Å²) in [5.41, 5.74) is 0. The van der Waals surface area contributed by atoms with Crippen LogP contribution in [0, 0.1) is 0 Å². The first-order valence-corrected chi connectivity index (χ1v) is 3.55. The van der Waals surface area contributed by atoms with E-state index in [1.807, 2.05) is 0 Å². The molecule has 1 atom stereocenters. The monoisotopic (exact) mass is 246 g/mol. The third-order valence-electron chi connectivity index (χ3n) is 1.24. The summed E-state index contributed by atoms with van der Waals surface area (Å²) in [5.74, 6) is -5.11. The normalized spacial score (nSPS) is 15.8. The smallest absolute Gasteiger partial charge is 0.343 e. The molecule has 0 rings (SSSR count). The third kappa shape index (κ3) is 5.14. The maximum absolute atomic E-state index is 12.2. The average Bonchev–Trinajstić information content (AvgIpc) is 2.01. The molecule has 0 N–H and O–H groups in total. The molecular weight excluding hydrogens is 240 g/mol. The molecule has 0 heterocycles. The molecule has 0 saturated heterocycles. The highest BCUT2D eigenvalue weighted by Crippen LogP contribution is 2.30. The Hall–Kier alpha value is -0.600. The van der Waals surface area contributed by atoms with Gasteiger partial charge in [-0.25, -0.2) is 13.2 Å². The molecule has 0 aliphatic heterocycles. The van der Waals surface area contributed by atoms with E-state index < -0.39 is 37.9 Å². The fourth-order valence-corrected chi connectivity index (χ4v) is 0.488. The lowest BCUT2D eigenvalue weighted by Gasteiger charge is -2.19. The van der Waals surface area contributed by atoms with Crippen LogP contribution in [0.1, 0.15) is 6.42 Å². The Balaban J connectivity index is 3.99. The van der Waals surface area contributed by atoms with Crippen LogP contribution in [0.3, 0.4) is 0 Å². The molecule has 0 amide bonds. The minimum absolute atomic E-state index is 1.44. The molecule has 92 valence electrons. The zero-order valence-corrected chi connectivity index (χ0v) is 7.00. The van der Waals surface area contributed by atoms with Gasteiger partial charge in [0, 0.05) is 0 Å². The van der Waals surface area contributed by atoms with Crippen molar-refractivity contribution in [3.8, 4) is 0 Å². The largest absolute Gasteiger partial charge is 0.391 e. The molecule has 0 spiro atoms. The first-order chi connectivity index (χ1) is 6.57. The quantitative estimate of drug-likeness (QED) is 0.677. The minimum atomic E-state index is -5.11. The lowest BCUT2D eigenvalue weighted by atomic mass is 10.3. The highest BCUT2D eigenvalue weighted by atomic mass is 19.4. The number of rotatable bonds is 5. The lowest BCUT2D eigenvalue weighted by Crippen LogP contribution is -2.39. The van der Waals surface area contributed by atoms with Crippen LogP contribution in [-0.4, -0.2) is 31.5 Å². The molecular formula is C6H6F8O. The summed E-state index contributed by atoms with van der Waals surface area (Å²) in [6.07, 6.45) is -14.5. The van der Waals surface area contributed by atoms with E-state index in [1.165, 1.54) is 0 Å². The molecule has 0 aliphatic rings. The molecule has 0 aromatic heterocycles. The van der Waals surface area contributed by atoms with E-state index in [9.17, 15) is 35.1 Å². The summed E-state index contributed by atoms with van der Waals surface area (Å²) in [5, 5.41) is 0. The molecule has 1 unspecified atom stereocenters. The number of halogens is 8. The van der Waals surface area contributed by atoms with E-state index >= 15 is 0 Å². The molecule has 0 aliphatic carbocycles. The number of hydrogen-bond acceptors (Lipinski definition) is 1. The molecule has 0 aromatic carbocycles. The van der Waals surface area contributed by atoms with Gasteiger partial charge in [0.05, 0.1) is 13.0 Å². The van der Waals surface area contributed by atoms with Crippen LogP contribution >= 0.6 is 0 Å². The van der Waals surface area contributed by atoms with Crippen molar-refractivity contribution < 1.29 is 39.9 Å². The van der Waals surface area contributed by atoms with Crippen molar-refractivity contribution in [2.75, 3.05) is 6.61 Å². The van der Waals surface area contributed by atoms with Gasteiger partial charge in [0.2, 0.25) is 0 Å². The van der Waals surface area contributed by atoms with E-state index in [0.717, 1.165) is 0 Å². The third-order valence-corrected chi connectivity index (χ3v) is 1.24. The Bertz CT molecular complexity index is 188. The molecule has 0 bridgehead atoms. The standard InChI is InChI=1S/C6H6F8O/c7-3(8)6(13,14)4(9)15-2-1-5(10,11)12/h3-4H,1-2H2. The SMILES string of the molecule is FC(F)C(F)(F)C(F)OCCC(F)(F)F. The molecule has 0 fully saturated rings. The summed E-state index contributed by atoms with van der Waals surface area (Å²) < 4.78 is 96.7. The molecule has 9 heteroatoms. The molecule has 0 saturated carbocycles. The van der Waals surface area contributed by atoms with Gasteiger partial charge in [-0.15, -0.1) is 0 Å². The van der Waals surface area contributed by atoms with Crippen molar-refractivity contribution in [2.45, 2.75) is 31.3 Å². The van der Waals surface area contributed by atoms with E-state index in [4.69, 9.17) is 0 Å². The first-order valence-electron chi connectivity index (χ1n) is 3.55. The van der Waals surface area contributed by atoms with Gasteiger partial charge in [0.1, 0.15) is 0 Å². The van der Waals surface area contributed by atoms with Crippen LogP contribution in [0.2, 0.25) is 0 Å².